The van der Waals surface area contributed by atoms with Crippen molar-refractivity contribution in [3.05, 3.63) is 113 Å². The highest BCUT2D eigenvalue weighted by Gasteiger charge is 2.14. The summed E-state index contributed by atoms with van der Waals surface area (Å²) in [5, 5.41) is 0. The van der Waals surface area contributed by atoms with E-state index in [1.807, 2.05) is 11.6 Å². The fourth-order valence-corrected chi connectivity index (χ4v) is 4.38. The molecule has 4 rings (SSSR count). The molecule has 0 fully saturated rings. The van der Waals surface area contributed by atoms with E-state index in [4.69, 9.17) is 0 Å². The Balaban J connectivity index is 1.94. The van der Waals surface area contributed by atoms with Gasteiger partial charge in [-0.1, -0.05) is 73.7 Å². The SMILES string of the molecule is C=CCc1ccc(/C(=C(/CC)c2ccccc2)c2ccc3ncsc3c2)cc1. The minimum atomic E-state index is 0.894. The van der Waals surface area contributed by atoms with Gasteiger partial charge in [-0.05, 0) is 58.4 Å². The Bertz CT molecular complexity index is 1120. The molecule has 1 heterocycles. The van der Waals surface area contributed by atoms with E-state index in [2.05, 4.69) is 91.3 Å². The Morgan fingerprint density at radius 1 is 0.929 bits per heavy atom. The van der Waals surface area contributed by atoms with Gasteiger partial charge in [0.15, 0.2) is 0 Å². The van der Waals surface area contributed by atoms with Crippen molar-refractivity contribution < 1.29 is 0 Å². The van der Waals surface area contributed by atoms with Crippen LogP contribution in [0.4, 0.5) is 0 Å². The summed E-state index contributed by atoms with van der Waals surface area (Å²) >= 11 is 1.69. The van der Waals surface area contributed by atoms with Crippen molar-refractivity contribution in [1.29, 1.82) is 0 Å². The van der Waals surface area contributed by atoms with Crippen LogP contribution in [0.15, 0.2) is 91.0 Å². The van der Waals surface area contributed by atoms with Gasteiger partial charge in [0.25, 0.3) is 0 Å². The van der Waals surface area contributed by atoms with Gasteiger partial charge in [0.05, 0.1) is 15.7 Å². The zero-order valence-electron chi connectivity index (χ0n) is 16.1. The molecular weight excluding hydrogens is 358 g/mol. The van der Waals surface area contributed by atoms with Gasteiger partial charge in [-0.25, -0.2) is 4.98 Å². The monoisotopic (exact) mass is 381 g/mol. The summed E-state index contributed by atoms with van der Waals surface area (Å²) in [5.74, 6) is 0. The zero-order chi connectivity index (χ0) is 19.3. The molecule has 4 aromatic rings. The summed E-state index contributed by atoms with van der Waals surface area (Å²) in [6.07, 6.45) is 3.81. The minimum absolute atomic E-state index is 0.894. The summed E-state index contributed by atoms with van der Waals surface area (Å²) in [5.41, 5.74) is 10.7. The topological polar surface area (TPSA) is 12.9 Å². The third-order valence-corrected chi connectivity index (χ3v) is 5.81. The number of allylic oxidation sites excluding steroid dienone is 2. The van der Waals surface area contributed by atoms with Crippen LogP contribution in [0.3, 0.4) is 0 Å². The number of rotatable bonds is 6. The van der Waals surface area contributed by atoms with Gasteiger partial charge in [0.2, 0.25) is 0 Å². The average Bonchev–Trinajstić information content (AvgIpc) is 3.21. The van der Waals surface area contributed by atoms with Crippen LogP contribution in [0.5, 0.6) is 0 Å². The fraction of sp³-hybridized carbons (Fsp3) is 0.115. The molecule has 2 heteroatoms. The standard InChI is InChI=1S/C26H23NS/c1-3-8-19-11-13-21(14-12-19)26(23(4-2)20-9-6-5-7-10-20)22-15-16-24-25(17-22)28-18-27-24/h3,5-7,9-18H,1,4,8H2,2H3/b26-23+. The van der Waals surface area contributed by atoms with Crippen molar-refractivity contribution in [2.45, 2.75) is 19.8 Å². The lowest BCUT2D eigenvalue weighted by Crippen LogP contribution is -1.95. The van der Waals surface area contributed by atoms with E-state index < -0.39 is 0 Å². The van der Waals surface area contributed by atoms with Crippen molar-refractivity contribution in [1.82, 2.24) is 4.98 Å². The van der Waals surface area contributed by atoms with Crippen LogP contribution >= 0.6 is 11.3 Å². The number of thiazole rings is 1. The van der Waals surface area contributed by atoms with E-state index in [0.29, 0.717) is 0 Å². The maximum absolute atomic E-state index is 4.44. The molecule has 0 spiro atoms. The quantitative estimate of drug-likeness (QED) is 0.250. The lowest BCUT2D eigenvalue weighted by Gasteiger charge is -2.17. The first-order valence-electron chi connectivity index (χ1n) is 9.62. The van der Waals surface area contributed by atoms with E-state index >= 15 is 0 Å². The van der Waals surface area contributed by atoms with E-state index in [0.717, 1.165) is 18.4 Å². The first-order valence-corrected chi connectivity index (χ1v) is 10.5. The van der Waals surface area contributed by atoms with Gasteiger partial charge < -0.3 is 0 Å². The van der Waals surface area contributed by atoms with Crippen LogP contribution in [0.1, 0.15) is 35.6 Å². The molecule has 1 nitrogen and oxygen atoms in total. The highest BCUT2D eigenvalue weighted by Crippen LogP contribution is 2.36. The molecule has 0 N–H and O–H groups in total. The molecule has 0 amide bonds. The first-order chi connectivity index (χ1) is 13.8. The number of benzene rings is 3. The second kappa shape index (κ2) is 8.37. The molecule has 3 aromatic carbocycles. The summed E-state index contributed by atoms with van der Waals surface area (Å²) in [4.78, 5) is 4.44. The summed E-state index contributed by atoms with van der Waals surface area (Å²) in [6.45, 7) is 6.09. The predicted molar refractivity (Wildman–Crippen MR) is 123 cm³/mol. The minimum Gasteiger partial charge on any atom is -0.245 e. The number of fused-ring (bicyclic) bond motifs is 1. The van der Waals surface area contributed by atoms with Crippen LogP contribution in [0.2, 0.25) is 0 Å². The van der Waals surface area contributed by atoms with E-state index in [1.54, 1.807) is 11.3 Å². The zero-order valence-corrected chi connectivity index (χ0v) is 16.9. The largest absolute Gasteiger partial charge is 0.245 e. The molecule has 0 aliphatic rings. The van der Waals surface area contributed by atoms with Gasteiger partial charge >= 0.3 is 0 Å². The molecule has 0 unspecified atom stereocenters. The van der Waals surface area contributed by atoms with Gasteiger partial charge in [0, 0.05) is 0 Å². The third-order valence-electron chi connectivity index (χ3n) is 5.02. The predicted octanol–water partition coefficient (Wildman–Crippen LogP) is 7.39. The number of aromatic nitrogens is 1. The Morgan fingerprint density at radius 2 is 1.68 bits per heavy atom. The molecular formula is C26H23NS. The fourth-order valence-electron chi connectivity index (χ4n) is 3.66. The first kappa shape index (κ1) is 18.4. The van der Waals surface area contributed by atoms with Crippen LogP contribution in [0, 0.1) is 0 Å². The average molecular weight is 382 g/mol. The maximum Gasteiger partial charge on any atom is 0.0812 e. The van der Waals surface area contributed by atoms with Crippen LogP contribution in [-0.4, -0.2) is 4.98 Å². The van der Waals surface area contributed by atoms with Crippen LogP contribution in [-0.2, 0) is 6.42 Å². The normalized spacial score (nSPS) is 12.0. The third kappa shape index (κ3) is 3.69. The second-order valence-corrected chi connectivity index (χ2v) is 7.68. The smallest absolute Gasteiger partial charge is 0.0812 e. The molecule has 0 aliphatic heterocycles. The van der Waals surface area contributed by atoms with E-state index in [-0.39, 0.29) is 0 Å². The van der Waals surface area contributed by atoms with Crippen molar-refractivity contribution in [3.8, 4) is 0 Å². The lowest BCUT2D eigenvalue weighted by atomic mass is 9.88. The van der Waals surface area contributed by atoms with Crippen LogP contribution in [0.25, 0.3) is 21.4 Å². The van der Waals surface area contributed by atoms with E-state index in [9.17, 15) is 0 Å². The Morgan fingerprint density at radius 3 is 2.39 bits per heavy atom. The van der Waals surface area contributed by atoms with Gasteiger partial charge in [-0.15, -0.1) is 17.9 Å². The molecule has 0 bridgehead atoms. The van der Waals surface area contributed by atoms with Crippen molar-refractivity contribution in [2.24, 2.45) is 0 Å². The van der Waals surface area contributed by atoms with Gasteiger partial charge in [-0.2, -0.15) is 0 Å². The highest BCUT2D eigenvalue weighted by molar-refractivity contribution is 7.16. The van der Waals surface area contributed by atoms with Gasteiger partial charge in [0.1, 0.15) is 0 Å². The van der Waals surface area contributed by atoms with E-state index in [1.165, 1.54) is 38.1 Å². The molecule has 0 saturated carbocycles. The Hall–Kier alpha value is -2.97. The van der Waals surface area contributed by atoms with Crippen molar-refractivity contribution in [2.75, 3.05) is 0 Å². The molecule has 0 atom stereocenters. The Labute approximate surface area is 170 Å². The summed E-state index contributed by atoms with van der Waals surface area (Å²) < 4.78 is 1.22. The molecule has 138 valence electrons. The highest BCUT2D eigenvalue weighted by atomic mass is 32.1. The van der Waals surface area contributed by atoms with Crippen molar-refractivity contribution in [3.63, 3.8) is 0 Å². The second-order valence-electron chi connectivity index (χ2n) is 6.80. The van der Waals surface area contributed by atoms with Crippen LogP contribution < -0.4 is 0 Å². The summed E-state index contributed by atoms with van der Waals surface area (Å²) in [6, 6.07) is 26.2. The lowest BCUT2D eigenvalue weighted by molar-refractivity contribution is 1.23. The Kier molecular flexibility index (Phi) is 5.50. The molecule has 28 heavy (non-hydrogen) atoms. The maximum atomic E-state index is 4.44. The molecule has 1 aromatic heterocycles. The molecule has 0 saturated heterocycles. The summed E-state index contributed by atoms with van der Waals surface area (Å²) in [7, 11) is 0. The number of hydrogen-bond donors (Lipinski definition) is 0. The number of nitrogens with zero attached hydrogens (tertiary/aromatic N) is 1. The number of hydrogen-bond acceptors (Lipinski definition) is 2. The molecule has 0 radical (unpaired) electrons. The van der Waals surface area contributed by atoms with Gasteiger partial charge in [-0.3, -0.25) is 0 Å². The molecule has 0 aliphatic carbocycles. The van der Waals surface area contributed by atoms with Crippen molar-refractivity contribution >= 4 is 32.7 Å².